The number of nitro groups is 1. The Bertz CT molecular complexity index is 1200. The van der Waals surface area contributed by atoms with Crippen molar-refractivity contribution in [3.8, 4) is 11.3 Å². The maximum Gasteiger partial charge on any atom is 0.274 e. The van der Waals surface area contributed by atoms with E-state index in [-0.39, 0.29) is 10.8 Å². The monoisotopic (exact) mass is 455 g/mol. The maximum atomic E-state index is 12.1. The SMILES string of the molecule is Cc1ccc(-c2ccc(/C=C/C(=O)NC(=S)Nc3cccc([N+](=O)[O-])c3C)o2)cc1Cl. The standard InChI is InChI=1S/C22H18ClN3O4S/c1-13-6-7-15(12-17(13)23)20-10-8-16(30-20)9-11-21(27)25-22(31)24-18-4-3-5-19(14(18)2)26(28)29/h3-12H,1-2H3,(H2,24,25,27,31)/b11-9+. The fourth-order valence-corrected chi connectivity index (χ4v) is 3.16. The number of halogens is 1. The van der Waals surface area contributed by atoms with Crippen molar-refractivity contribution in [2.45, 2.75) is 13.8 Å². The van der Waals surface area contributed by atoms with Gasteiger partial charge in [-0.15, -0.1) is 0 Å². The van der Waals surface area contributed by atoms with E-state index in [1.807, 2.05) is 25.1 Å². The van der Waals surface area contributed by atoms with Gasteiger partial charge in [0.2, 0.25) is 5.91 Å². The largest absolute Gasteiger partial charge is 0.457 e. The van der Waals surface area contributed by atoms with Crippen LogP contribution in [0.4, 0.5) is 11.4 Å². The molecular formula is C22H18ClN3O4S. The van der Waals surface area contributed by atoms with Gasteiger partial charge >= 0.3 is 0 Å². The molecule has 0 aliphatic rings. The van der Waals surface area contributed by atoms with Gasteiger partial charge in [0, 0.05) is 22.7 Å². The lowest BCUT2D eigenvalue weighted by Crippen LogP contribution is -2.33. The first-order valence-electron chi connectivity index (χ1n) is 9.15. The van der Waals surface area contributed by atoms with Gasteiger partial charge < -0.3 is 9.73 Å². The summed E-state index contributed by atoms with van der Waals surface area (Å²) in [5.41, 5.74) is 2.62. The molecule has 0 aliphatic heterocycles. The highest BCUT2D eigenvalue weighted by Gasteiger charge is 2.14. The fraction of sp³-hybridized carbons (Fsp3) is 0.0909. The zero-order chi connectivity index (χ0) is 22.5. The Balaban J connectivity index is 1.61. The van der Waals surface area contributed by atoms with Gasteiger partial charge in [-0.3, -0.25) is 20.2 Å². The summed E-state index contributed by atoms with van der Waals surface area (Å²) in [6, 6.07) is 13.7. The predicted molar refractivity (Wildman–Crippen MR) is 125 cm³/mol. The Hall–Kier alpha value is -3.49. The topological polar surface area (TPSA) is 97.4 Å². The van der Waals surface area contributed by atoms with Crippen LogP contribution >= 0.6 is 23.8 Å². The molecule has 0 spiro atoms. The zero-order valence-electron chi connectivity index (χ0n) is 16.6. The molecule has 2 aromatic carbocycles. The van der Waals surface area contributed by atoms with Gasteiger partial charge in [-0.25, -0.2) is 0 Å². The van der Waals surface area contributed by atoms with E-state index in [2.05, 4.69) is 10.6 Å². The lowest BCUT2D eigenvalue weighted by atomic mass is 10.1. The van der Waals surface area contributed by atoms with E-state index < -0.39 is 10.8 Å². The Labute approximate surface area is 188 Å². The molecule has 3 rings (SSSR count). The normalized spacial score (nSPS) is 10.8. The van der Waals surface area contributed by atoms with E-state index in [4.69, 9.17) is 28.2 Å². The molecule has 0 aliphatic carbocycles. The highest BCUT2D eigenvalue weighted by Crippen LogP contribution is 2.27. The third-order valence-electron chi connectivity index (χ3n) is 4.47. The number of nitro benzene ring substituents is 1. The first-order valence-corrected chi connectivity index (χ1v) is 9.93. The number of hydrogen-bond donors (Lipinski definition) is 2. The average Bonchev–Trinajstić information content (AvgIpc) is 3.19. The van der Waals surface area contributed by atoms with Crippen molar-refractivity contribution in [1.29, 1.82) is 0 Å². The molecule has 0 radical (unpaired) electrons. The van der Waals surface area contributed by atoms with Gasteiger partial charge in [0.05, 0.1) is 16.2 Å². The average molecular weight is 456 g/mol. The summed E-state index contributed by atoms with van der Waals surface area (Å²) in [6.45, 7) is 3.52. The van der Waals surface area contributed by atoms with Crippen molar-refractivity contribution in [1.82, 2.24) is 5.32 Å². The van der Waals surface area contributed by atoms with E-state index in [0.717, 1.165) is 11.1 Å². The van der Waals surface area contributed by atoms with Crippen LogP contribution in [0.3, 0.4) is 0 Å². The van der Waals surface area contributed by atoms with E-state index >= 15 is 0 Å². The molecule has 9 heteroatoms. The van der Waals surface area contributed by atoms with Crippen molar-refractivity contribution in [3.05, 3.63) is 86.6 Å². The second kappa shape index (κ2) is 9.55. The maximum absolute atomic E-state index is 12.1. The second-order valence-electron chi connectivity index (χ2n) is 6.65. The Morgan fingerprint density at radius 1 is 1.19 bits per heavy atom. The zero-order valence-corrected chi connectivity index (χ0v) is 18.2. The van der Waals surface area contributed by atoms with Crippen molar-refractivity contribution >= 4 is 52.3 Å². The number of nitrogens with zero attached hydrogens (tertiary/aromatic N) is 1. The van der Waals surface area contributed by atoms with Crippen molar-refractivity contribution in [2.75, 3.05) is 5.32 Å². The van der Waals surface area contributed by atoms with Gasteiger partial charge in [-0.2, -0.15) is 0 Å². The number of hydrogen-bond acceptors (Lipinski definition) is 5. The van der Waals surface area contributed by atoms with Gasteiger partial charge in [-0.05, 0) is 62.0 Å². The van der Waals surface area contributed by atoms with Crippen LogP contribution in [0.5, 0.6) is 0 Å². The van der Waals surface area contributed by atoms with Crippen LogP contribution in [-0.4, -0.2) is 15.9 Å². The molecular weight excluding hydrogens is 438 g/mol. The third-order valence-corrected chi connectivity index (χ3v) is 5.08. The van der Waals surface area contributed by atoms with E-state index in [1.165, 1.54) is 24.3 Å². The molecule has 1 amide bonds. The number of anilines is 1. The number of furan rings is 1. The highest BCUT2D eigenvalue weighted by atomic mass is 35.5. The van der Waals surface area contributed by atoms with Crippen molar-refractivity contribution < 1.29 is 14.1 Å². The molecule has 7 nitrogen and oxygen atoms in total. The molecule has 0 saturated heterocycles. The second-order valence-corrected chi connectivity index (χ2v) is 7.46. The first kappa shape index (κ1) is 22.2. The minimum absolute atomic E-state index is 0.0210. The van der Waals surface area contributed by atoms with E-state index in [1.54, 1.807) is 25.1 Å². The highest BCUT2D eigenvalue weighted by molar-refractivity contribution is 7.80. The number of carbonyl (C=O) groups is 1. The van der Waals surface area contributed by atoms with Crippen LogP contribution in [0.25, 0.3) is 17.4 Å². The molecule has 2 N–H and O–H groups in total. The van der Waals surface area contributed by atoms with Crippen LogP contribution < -0.4 is 10.6 Å². The Morgan fingerprint density at radius 2 is 1.97 bits per heavy atom. The van der Waals surface area contributed by atoms with E-state index in [9.17, 15) is 14.9 Å². The molecule has 0 bridgehead atoms. The molecule has 1 aromatic heterocycles. The van der Waals surface area contributed by atoms with Crippen LogP contribution in [-0.2, 0) is 4.79 Å². The minimum Gasteiger partial charge on any atom is -0.457 e. The summed E-state index contributed by atoms with van der Waals surface area (Å²) in [4.78, 5) is 22.7. The number of rotatable bonds is 5. The van der Waals surface area contributed by atoms with E-state index in [0.29, 0.717) is 27.8 Å². The van der Waals surface area contributed by atoms with Crippen molar-refractivity contribution in [2.24, 2.45) is 0 Å². The van der Waals surface area contributed by atoms with Gasteiger partial charge in [0.1, 0.15) is 11.5 Å². The number of benzene rings is 2. The van der Waals surface area contributed by atoms with Crippen LogP contribution in [0, 0.1) is 24.0 Å². The Morgan fingerprint density at radius 3 is 2.68 bits per heavy atom. The quantitative estimate of drug-likeness (QED) is 0.223. The van der Waals surface area contributed by atoms with Gasteiger partial charge in [0.25, 0.3) is 5.69 Å². The van der Waals surface area contributed by atoms with Gasteiger partial charge in [-0.1, -0.05) is 29.8 Å². The number of aryl methyl sites for hydroxylation is 1. The van der Waals surface area contributed by atoms with Crippen LogP contribution in [0.2, 0.25) is 5.02 Å². The molecule has 0 fully saturated rings. The smallest absolute Gasteiger partial charge is 0.274 e. The molecule has 0 saturated carbocycles. The lowest BCUT2D eigenvalue weighted by molar-refractivity contribution is -0.385. The number of carbonyl (C=O) groups excluding carboxylic acids is 1. The summed E-state index contributed by atoms with van der Waals surface area (Å²) in [5.74, 6) is 0.632. The third kappa shape index (κ3) is 5.56. The molecule has 158 valence electrons. The van der Waals surface area contributed by atoms with Crippen LogP contribution in [0.15, 0.2) is 59.0 Å². The summed E-state index contributed by atoms with van der Waals surface area (Å²) < 4.78 is 5.73. The molecule has 31 heavy (non-hydrogen) atoms. The molecule has 0 atom stereocenters. The summed E-state index contributed by atoms with van der Waals surface area (Å²) in [7, 11) is 0. The minimum atomic E-state index is -0.479. The van der Waals surface area contributed by atoms with Gasteiger partial charge in [0.15, 0.2) is 5.11 Å². The Kier molecular flexibility index (Phi) is 6.84. The lowest BCUT2D eigenvalue weighted by Gasteiger charge is -2.10. The number of nitrogens with one attached hydrogen (secondary N) is 2. The van der Waals surface area contributed by atoms with Crippen molar-refractivity contribution in [3.63, 3.8) is 0 Å². The molecule has 1 heterocycles. The molecule has 0 unspecified atom stereocenters. The number of thiocarbonyl (C=S) groups is 1. The fourth-order valence-electron chi connectivity index (χ4n) is 2.77. The summed E-state index contributed by atoms with van der Waals surface area (Å²) >= 11 is 11.3. The number of amides is 1. The summed E-state index contributed by atoms with van der Waals surface area (Å²) in [5, 5.41) is 17.0. The summed E-state index contributed by atoms with van der Waals surface area (Å²) in [6.07, 6.45) is 2.79. The molecule has 3 aromatic rings. The van der Waals surface area contributed by atoms with Crippen LogP contribution in [0.1, 0.15) is 16.9 Å². The first-order chi connectivity index (χ1) is 14.7. The predicted octanol–water partition coefficient (Wildman–Crippen LogP) is 5.65.